The molecule has 0 amide bonds. The number of hydrogen-bond donors (Lipinski definition) is 0. The molecule has 0 fully saturated rings. The summed E-state index contributed by atoms with van der Waals surface area (Å²) in [7, 11) is 0. The van der Waals surface area contributed by atoms with Crippen molar-refractivity contribution < 1.29 is 0 Å². The normalized spacial score (nSPS) is 10.6. The highest BCUT2D eigenvalue weighted by Gasteiger charge is 2.10. The molecule has 3 rings (SSSR count). The van der Waals surface area contributed by atoms with Crippen molar-refractivity contribution in [2.24, 2.45) is 0 Å². The first-order valence-corrected chi connectivity index (χ1v) is 6.00. The van der Waals surface area contributed by atoms with E-state index in [1.54, 1.807) is 24.7 Å². The fraction of sp³-hybridized carbons (Fsp3) is 0.133. The molecule has 2 aromatic heterocycles. The van der Waals surface area contributed by atoms with Crippen LogP contribution < -0.4 is 0 Å². The molecule has 19 heavy (non-hydrogen) atoms. The molecule has 0 bridgehead atoms. The Labute approximate surface area is 111 Å². The summed E-state index contributed by atoms with van der Waals surface area (Å²) in [5.74, 6) is 0.621. The molecule has 0 saturated carbocycles. The van der Waals surface area contributed by atoms with E-state index in [2.05, 4.69) is 42.0 Å². The summed E-state index contributed by atoms with van der Waals surface area (Å²) in [6.07, 6.45) is 3.40. The zero-order valence-corrected chi connectivity index (χ0v) is 10.8. The van der Waals surface area contributed by atoms with Crippen LogP contribution in [0.4, 0.5) is 0 Å². The maximum absolute atomic E-state index is 9.16. The SMILES string of the molecule is Cc1cc2ncn(-c3ncccc3C#N)c2cc1C. The van der Waals surface area contributed by atoms with Gasteiger partial charge in [-0.3, -0.25) is 4.57 Å². The predicted octanol–water partition coefficient (Wildman–Crippen LogP) is 2.91. The van der Waals surface area contributed by atoms with Crippen LogP contribution in [-0.2, 0) is 0 Å². The molecule has 3 aromatic rings. The number of rotatable bonds is 1. The lowest BCUT2D eigenvalue weighted by atomic mass is 10.1. The number of hydrogen-bond acceptors (Lipinski definition) is 3. The number of pyridine rings is 1. The minimum Gasteiger partial charge on any atom is -0.282 e. The number of aromatic nitrogens is 3. The van der Waals surface area contributed by atoms with Crippen LogP contribution in [0, 0.1) is 25.2 Å². The van der Waals surface area contributed by atoms with E-state index in [0.717, 1.165) is 11.0 Å². The zero-order chi connectivity index (χ0) is 13.4. The summed E-state index contributed by atoms with van der Waals surface area (Å²) in [5, 5.41) is 9.16. The average molecular weight is 248 g/mol. The Bertz CT molecular complexity index is 809. The number of aryl methyl sites for hydroxylation is 2. The Kier molecular flexibility index (Phi) is 2.53. The van der Waals surface area contributed by atoms with Crippen LogP contribution in [0.15, 0.2) is 36.8 Å². The van der Waals surface area contributed by atoms with Gasteiger partial charge in [-0.15, -0.1) is 0 Å². The summed E-state index contributed by atoms with van der Waals surface area (Å²) < 4.78 is 1.86. The highest BCUT2D eigenvalue weighted by atomic mass is 15.1. The van der Waals surface area contributed by atoms with Gasteiger partial charge in [0.05, 0.1) is 16.6 Å². The van der Waals surface area contributed by atoms with E-state index >= 15 is 0 Å². The summed E-state index contributed by atoms with van der Waals surface area (Å²) in [6, 6.07) is 9.81. The molecule has 0 aliphatic rings. The highest BCUT2D eigenvalue weighted by Crippen LogP contribution is 2.22. The lowest BCUT2D eigenvalue weighted by Gasteiger charge is -2.06. The molecule has 0 aliphatic carbocycles. The maximum Gasteiger partial charge on any atom is 0.156 e. The number of benzene rings is 1. The van der Waals surface area contributed by atoms with Crippen molar-refractivity contribution in [1.29, 1.82) is 5.26 Å². The molecule has 1 aromatic carbocycles. The van der Waals surface area contributed by atoms with E-state index in [0.29, 0.717) is 11.4 Å². The Morgan fingerprint density at radius 3 is 2.74 bits per heavy atom. The summed E-state index contributed by atoms with van der Waals surface area (Å²) in [4.78, 5) is 8.68. The van der Waals surface area contributed by atoms with Crippen molar-refractivity contribution in [2.75, 3.05) is 0 Å². The number of nitrogens with zero attached hydrogens (tertiary/aromatic N) is 4. The Balaban J connectivity index is 2.32. The number of fused-ring (bicyclic) bond motifs is 1. The molecule has 92 valence electrons. The minimum absolute atomic E-state index is 0.542. The van der Waals surface area contributed by atoms with Gasteiger partial charge in [-0.05, 0) is 49.2 Å². The van der Waals surface area contributed by atoms with Gasteiger partial charge < -0.3 is 0 Å². The Morgan fingerprint density at radius 1 is 1.16 bits per heavy atom. The van der Waals surface area contributed by atoms with E-state index in [9.17, 15) is 0 Å². The van der Waals surface area contributed by atoms with Gasteiger partial charge in [-0.25, -0.2) is 9.97 Å². The predicted molar refractivity (Wildman–Crippen MR) is 73.1 cm³/mol. The Hall–Kier alpha value is -2.67. The smallest absolute Gasteiger partial charge is 0.156 e. The second-order valence-corrected chi connectivity index (χ2v) is 4.53. The van der Waals surface area contributed by atoms with Gasteiger partial charge in [0, 0.05) is 6.20 Å². The van der Waals surface area contributed by atoms with E-state index in [4.69, 9.17) is 5.26 Å². The van der Waals surface area contributed by atoms with E-state index in [1.807, 2.05) is 4.57 Å². The number of nitriles is 1. The van der Waals surface area contributed by atoms with Crippen molar-refractivity contribution in [3.63, 3.8) is 0 Å². The van der Waals surface area contributed by atoms with Crippen LogP contribution in [0.5, 0.6) is 0 Å². The van der Waals surface area contributed by atoms with Gasteiger partial charge in [0.25, 0.3) is 0 Å². The third-order valence-corrected chi connectivity index (χ3v) is 3.30. The molecule has 0 N–H and O–H groups in total. The zero-order valence-electron chi connectivity index (χ0n) is 10.8. The van der Waals surface area contributed by atoms with Crippen LogP contribution in [-0.4, -0.2) is 14.5 Å². The van der Waals surface area contributed by atoms with Crippen LogP contribution in [0.25, 0.3) is 16.9 Å². The van der Waals surface area contributed by atoms with Crippen LogP contribution in [0.3, 0.4) is 0 Å². The second-order valence-electron chi connectivity index (χ2n) is 4.53. The van der Waals surface area contributed by atoms with Gasteiger partial charge in [0.1, 0.15) is 12.4 Å². The van der Waals surface area contributed by atoms with E-state index < -0.39 is 0 Å². The third kappa shape index (κ3) is 1.76. The van der Waals surface area contributed by atoms with Gasteiger partial charge in [0.15, 0.2) is 5.82 Å². The van der Waals surface area contributed by atoms with Gasteiger partial charge in [-0.2, -0.15) is 5.26 Å². The molecule has 0 spiro atoms. The maximum atomic E-state index is 9.16. The van der Waals surface area contributed by atoms with Crippen molar-refractivity contribution in [3.05, 3.63) is 53.5 Å². The molecule has 0 atom stereocenters. The van der Waals surface area contributed by atoms with Crippen LogP contribution in [0.1, 0.15) is 16.7 Å². The van der Waals surface area contributed by atoms with Crippen molar-refractivity contribution in [2.45, 2.75) is 13.8 Å². The third-order valence-electron chi connectivity index (χ3n) is 3.30. The highest BCUT2D eigenvalue weighted by molar-refractivity contribution is 5.79. The summed E-state index contributed by atoms with van der Waals surface area (Å²) in [5.41, 5.74) is 4.83. The fourth-order valence-corrected chi connectivity index (χ4v) is 2.11. The first-order chi connectivity index (χ1) is 9.20. The molecule has 2 heterocycles. The second kappa shape index (κ2) is 4.21. The molecule has 0 aliphatic heterocycles. The lowest BCUT2D eigenvalue weighted by Crippen LogP contribution is -1.99. The average Bonchev–Trinajstić information content (AvgIpc) is 2.82. The molecular formula is C15H12N4. The van der Waals surface area contributed by atoms with Gasteiger partial charge in [-0.1, -0.05) is 0 Å². The quantitative estimate of drug-likeness (QED) is 0.665. The minimum atomic E-state index is 0.542. The largest absolute Gasteiger partial charge is 0.282 e. The van der Waals surface area contributed by atoms with Gasteiger partial charge in [0.2, 0.25) is 0 Å². The van der Waals surface area contributed by atoms with E-state index in [-0.39, 0.29) is 0 Å². The Morgan fingerprint density at radius 2 is 1.95 bits per heavy atom. The molecule has 0 unspecified atom stereocenters. The first kappa shape index (κ1) is 11.4. The molecule has 4 nitrogen and oxygen atoms in total. The molecule has 4 heteroatoms. The summed E-state index contributed by atoms with van der Waals surface area (Å²) >= 11 is 0. The first-order valence-electron chi connectivity index (χ1n) is 6.00. The van der Waals surface area contributed by atoms with Crippen LogP contribution >= 0.6 is 0 Å². The summed E-state index contributed by atoms with van der Waals surface area (Å²) in [6.45, 7) is 4.13. The topological polar surface area (TPSA) is 54.5 Å². The van der Waals surface area contributed by atoms with Crippen molar-refractivity contribution in [1.82, 2.24) is 14.5 Å². The van der Waals surface area contributed by atoms with E-state index in [1.165, 1.54) is 11.1 Å². The monoisotopic (exact) mass is 248 g/mol. The number of imidazole rings is 1. The fourth-order valence-electron chi connectivity index (χ4n) is 2.11. The standard InChI is InChI=1S/C15H12N4/c1-10-6-13-14(7-11(10)2)19(9-18-13)15-12(8-16)4-3-5-17-15/h3-7,9H,1-2H3. The van der Waals surface area contributed by atoms with Crippen molar-refractivity contribution >= 4 is 11.0 Å². The van der Waals surface area contributed by atoms with Crippen molar-refractivity contribution in [3.8, 4) is 11.9 Å². The lowest BCUT2D eigenvalue weighted by molar-refractivity contribution is 1.01. The molecule has 0 radical (unpaired) electrons. The van der Waals surface area contributed by atoms with Crippen LogP contribution in [0.2, 0.25) is 0 Å². The molecular weight excluding hydrogens is 236 g/mol. The molecule has 0 saturated heterocycles. The van der Waals surface area contributed by atoms with Gasteiger partial charge >= 0.3 is 0 Å².